The van der Waals surface area contributed by atoms with E-state index in [0.29, 0.717) is 59.8 Å². The largest absolute Gasteiger partial charge is 0.496 e. The van der Waals surface area contributed by atoms with E-state index in [0.717, 1.165) is 24.5 Å². The first-order valence-corrected chi connectivity index (χ1v) is 15.3. The first-order chi connectivity index (χ1) is 18.3. The summed E-state index contributed by atoms with van der Waals surface area (Å²) in [5.41, 5.74) is 2.54. The van der Waals surface area contributed by atoms with Crippen LogP contribution in [0.1, 0.15) is 70.4 Å². The Hall–Kier alpha value is -1.90. The first-order valence-electron chi connectivity index (χ1n) is 12.9. The number of ether oxygens (including phenoxy) is 3. The van der Waals surface area contributed by atoms with Gasteiger partial charge in [-0.15, -0.1) is 0 Å². The summed E-state index contributed by atoms with van der Waals surface area (Å²) >= 11 is 10.6. The Morgan fingerprint density at radius 2 is 1.38 bits per heavy atom. The smallest absolute Gasteiger partial charge is 0.163 e. The molecule has 2 aromatic carbocycles. The minimum Gasteiger partial charge on any atom is -0.496 e. The summed E-state index contributed by atoms with van der Waals surface area (Å²) in [6.07, 6.45) is 2.17. The standard InChI is InChI=1S/C31H31Br3O5/c1-30(2)11-21(35)27-24(13-30)39-25-14-31(3,4)12-22(36)28(25)26(27)16-6-7-23(37-5)17(8-16)15-38-29-19(33)9-18(32)10-20(29)34/h6-10,26H,11-15H2,1-5H3. The molecule has 0 radical (unpaired) electrons. The van der Waals surface area contributed by atoms with E-state index in [1.165, 1.54) is 0 Å². The van der Waals surface area contributed by atoms with Gasteiger partial charge in [-0.05, 0) is 72.5 Å². The molecule has 1 heterocycles. The summed E-state index contributed by atoms with van der Waals surface area (Å²) < 4.78 is 20.9. The number of carbonyl (C=O) groups excluding carboxylic acids is 2. The molecule has 1 aliphatic heterocycles. The average Bonchev–Trinajstić information content (AvgIpc) is 2.80. The number of allylic oxidation sites excluding steroid dienone is 4. The zero-order valence-electron chi connectivity index (χ0n) is 22.7. The summed E-state index contributed by atoms with van der Waals surface area (Å²) in [7, 11) is 1.62. The predicted octanol–water partition coefficient (Wildman–Crippen LogP) is 8.96. The molecule has 0 amide bonds. The quantitative estimate of drug-likeness (QED) is 0.309. The Morgan fingerprint density at radius 1 is 0.846 bits per heavy atom. The summed E-state index contributed by atoms with van der Waals surface area (Å²) in [6.45, 7) is 8.60. The van der Waals surface area contributed by atoms with Crippen LogP contribution < -0.4 is 9.47 Å². The van der Waals surface area contributed by atoms with Gasteiger partial charge >= 0.3 is 0 Å². The lowest BCUT2D eigenvalue weighted by molar-refractivity contribution is -0.120. The third-order valence-electron chi connectivity index (χ3n) is 7.55. The molecule has 0 unspecified atom stereocenters. The van der Waals surface area contributed by atoms with Crippen LogP contribution in [0.3, 0.4) is 0 Å². The molecular weight excluding hydrogens is 692 g/mol. The molecule has 5 nitrogen and oxygen atoms in total. The van der Waals surface area contributed by atoms with Crippen LogP contribution in [-0.2, 0) is 20.9 Å². The molecule has 0 bridgehead atoms. The zero-order chi connectivity index (χ0) is 28.3. The molecule has 0 atom stereocenters. The van der Waals surface area contributed by atoms with Crippen molar-refractivity contribution in [1.82, 2.24) is 0 Å². The first kappa shape index (κ1) is 28.6. The highest BCUT2D eigenvalue weighted by Crippen LogP contribution is 2.53. The Kier molecular flexibility index (Phi) is 7.70. The number of Topliss-reactive ketones (excluding diaryl/α,β-unsaturated/α-hetero) is 2. The van der Waals surface area contributed by atoms with Crippen molar-refractivity contribution < 1.29 is 23.8 Å². The van der Waals surface area contributed by atoms with Crippen LogP contribution in [0.5, 0.6) is 11.5 Å². The number of hydrogen-bond acceptors (Lipinski definition) is 5. The van der Waals surface area contributed by atoms with E-state index in [1.54, 1.807) is 7.11 Å². The summed E-state index contributed by atoms with van der Waals surface area (Å²) in [6, 6.07) is 9.70. The van der Waals surface area contributed by atoms with Gasteiger partial charge in [0.2, 0.25) is 0 Å². The fraction of sp³-hybridized carbons (Fsp3) is 0.419. The molecular formula is C31H31Br3O5. The highest BCUT2D eigenvalue weighted by Gasteiger charge is 2.47. The molecule has 39 heavy (non-hydrogen) atoms. The van der Waals surface area contributed by atoms with Crippen molar-refractivity contribution in [2.75, 3.05) is 7.11 Å². The van der Waals surface area contributed by atoms with E-state index in [4.69, 9.17) is 14.2 Å². The molecule has 3 aliphatic rings. The van der Waals surface area contributed by atoms with E-state index < -0.39 is 5.92 Å². The summed E-state index contributed by atoms with van der Waals surface area (Å²) in [5, 5.41) is 0. The SMILES string of the molecule is COc1ccc(C2C3=C(CC(C)(C)CC3=O)OC3=C2C(=O)CC(C)(C)C3)cc1COc1c(Br)cc(Br)cc1Br. The normalized spacial score (nSPS) is 20.4. The van der Waals surface area contributed by atoms with E-state index in [-0.39, 0.29) is 29.0 Å². The minimum absolute atomic E-state index is 0.0479. The monoisotopic (exact) mass is 720 g/mol. The lowest BCUT2D eigenvalue weighted by Gasteiger charge is -2.42. The number of benzene rings is 2. The second-order valence-corrected chi connectivity index (χ2v) is 14.8. The van der Waals surface area contributed by atoms with Crippen LogP contribution in [0.2, 0.25) is 0 Å². The van der Waals surface area contributed by atoms with Crippen LogP contribution in [0.15, 0.2) is 66.4 Å². The Labute approximate surface area is 254 Å². The lowest BCUT2D eigenvalue weighted by atomic mass is 9.65. The van der Waals surface area contributed by atoms with Gasteiger partial charge in [0.05, 0.1) is 16.1 Å². The Bertz CT molecular complexity index is 1380. The third-order valence-corrected chi connectivity index (χ3v) is 9.19. The number of ketones is 2. The minimum atomic E-state index is -0.466. The average molecular weight is 723 g/mol. The summed E-state index contributed by atoms with van der Waals surface area (Å²) in [4.78, 5) is 27.2. The van der Waals surface area contributed by atoms with Crippen molar-refractivity contribution in [2.24, 2.45) is 10.8 Å². The molecule has 2 aliphatic carbocycles. The van der Waals surface area contributed by atoms with Crippen molar-refractivity contribution in [1.29, 1.82) is 0 Å². The summed E-state index contributed by atoms with van der Waals surface area (Å²) in [5.74, 6) is 2.39. The second kappa shape index (κ2) is 10.5. The number of carbonyl (C=O) groups is 2. The number of rotatable bonds is 5. The van der Waals surface area contributed by atoms with Crippen LogP contribution in [-0.4, -0.2) is 18.7 Å². The number of methoxy groups -OCH3 is 1. The van der Waals surface area contributed by atoms with Crippen molar-refractivity contribution in [3.8, 4) is 11.5 Å². The highest BCUT2D eigenvalue weighted by molar-refractivity contribution is 9.11. The second-order valence-electron chi connectivity index (χ2n) is 12.1. The lowest BCUT2D eigenvalue weighted by Crippen LogP contribution is -2.37. The molecule has 0 N–H and O–H groups in total. The van der Waals surface area contributed by atoms with E-state index in [9.17, 15) is 9.59 Å². The van der Waals surface area contributed by atoms with Gasteiger partial charge in [-0.2, -0.15) is 0 Å². The molecule has 5 rings (SSSR count). The van der Waals surface area contributed by atoms with Gasteiger partial charge in [0.25, 0.3) is 0 Å². The van der Waals surface area contributed by atoms with Gasteiger partial charge in [0.1, 0.15) is 29.6 Å². The zero-order valence-corrected chi connectivity index (χ0v) is 27.4. The third kappa shape index (κ3) is 5.66. The van der Waals surface area contributed by atoms with E-state index >= 15 is 0 Å². The Balaban J connectivity index is 1.60. The number of hydrogen-bond donors (Lipinski definition) is 0. The van der Waals surface area contributed by atoms with Gasteiger partial charge in [-0.3, -0.25) is 9.59 Å². The maximum absolute atomic E-state index is 13.6. The highest BCUT2D eigenvalue weighted by atomic mass is 79.9. The van der Waals surface area contributed by atoms with Crippen molar-refractivity contribution in [3.63, 3.8) is 0 Å². The van der Waals surface area contributed by atoms with Crippen molar-refractivity contribution in [3.05, 3.63) is 77.5 Å². The van der Waals surface area contributed by atoms with Crippen LogP contribution in [0.25, 0.3) is 0 Å². The van der Waals surface area contributed by atoms with Gasteiger partial charge < -0.3 is 14.2 Å². The van der Waals surface area contributed by atoms with Gasteiger partial charge in [-0.25, -0.2) is 0 Å². The molecule has 2 aromatic rings. The van der Waals surface area contributed by atoms with Gasteiger partial charge in [-0.1, -0.05) is 49.7 Å². The Morgan fingerprint density at radius 3 is 1.90 bits per heavy atom. The fourth-order valence-electron chi connectivity index (χ4n) is 5.92. The van der Waals surface area contributed by atoms with Crippen LogP contribution in [0.4, 0.5) is 0 Å². The van der Waals surface area contributed by atoms with Crippen molar-refractivity contribution >= 4 is 59.4 Å². The molecule has 8 heteroatoms. The molecule has 0 saturated carbocycles. The molecule has 0 spiro atoms. The molecule has 0 saturated heterocycles. The van der Waals surface area contributed by atoms with Crippen LogP contribution in [0, 0.1) is 10.8 Å². The van der Waals surface area contributed by atoms with E-state index in [1.807, 2.05) is 30.3 Å². The van der Waals surface area contributed by atoms with E-state index in [2.05, 4.69) is 75.5 Å². The number of halogens is 3. The van der Waals surface area contributed by atoms with Crippen molar-refractivity contribution in [2.45, 2.75) is 65.9 Å². The molecule has 206 valence electrons. The predicted molar refractivity (Wildman–Crippen MR) is 161 cm³/mol. The van der Waals surface area contributed by atoms with Gasteiger partial charge in [0, 0.05) is 52.8 Å². The maximum atomic E-state index is 13.6. The topological polar surface area (TPSA) is 61.8 Å². The molecule has 0 aromatic heterocycles. The van der Waals surface area contributed by atoms with Crippen LogP contribution >= 0.6 is 47.8 Å². The fourth-order valence-corrected chi connectivity index (χ4v) is 8.40. The molecule has 0 fully saturated rings. The van der Waals surface area contributed by atoms with Gasteiger partial charge in [0.15, 0.2) is 11.6 Å². The maximum Gasteiger partial charge on any atom is 0.163 e.